The Morgan fingerprint density at radius 3 is 1.74 bits per heavy atom. The Balaban J connectivity index is 1.02. The van der Waals surface area contributed by atoms with E-state index in [2.05, 4.69) is 241 Å². The van der Waals surface area contributed by atoms with Crippen LogP contribution in [0.5, 0.6) is 0 Å². The summed E-state index contributed by atoms with van der Waals surface area (Å²) in [5.41, 5.74) is 13.2. The molecule has 0 fully saturated rings. The van der Waals surface area contributed by atoms with E-state index in [1.54, 1.807) is 0 Å². The summed E-state index contributed by atoms with van der Waals surface area (Å²) in [4.78, 5) is 11.7. The molecule has 290 valence electrons. The van der Waals surface area contributed by atoms with Gasteiger partial charge in [-0.15, -0.1) is 0 Å². The van der Waals surface area contributed by atoms with Gasteiger partial charge in [0.25, 0.3) is 0 Å². The lowest BCUT2D eigenvalue weighted by atomic mass is 9.77. The highest BCUT2D eigenvalue weighted by Crippen LogP contribution is 2.40. The average Bonchev–Trinajstić information content (AvgIpc) is 3.35. The third kappa shape index (κ3) is 6.61. The van der Waals surface area contributed by atoms with Crippen LogP contribution >= 0.6 is 0 Å². The first kappa shape index (κ1) is 36.3. The Labute approximate surface area is 356 Å². The molecule has 0 amide bonds. The van der Waals surface area contributed by atoms with Crippen LogP contribution in [0, 0.1) is 0 Å². The molecule has 2 aliphatic rings. The molecule has 61 heavy (non-hydrogen) atoms. The lowest BCUT2D eigenvalue weighted by molar-refractivity contribution is 0.595. The van der Waals surface area contributed by atoms with Crippen LogP contribution in [0.2, 0.25) is 0 Å². The number of benzene rings is 8. The molecule has 8 aromatic carbocycles. The van der Waals surface area contributed by atoms with Crippen molar-refractivity contribution in [2.45, 2.75) is 18.8 Å². The number of nitrogens with one attached hydrogen (secondary N) is 1. The maximum Gasteiger partial charge on any atom is 0.0956 e. The molecular formula is C58H43N3. The molecule has 0 aliphatic heterocycles. The van der Waals surface area contributed by atoms with Crippen LogP contribution in [-0.2, 0) is 5.41 Å². The summed E-state index contributed by atoms with van der Waals surface area (Å²) < 4.78 is 0. The van der Waals surface area contributed by atoms with Gasteiger partial charge in [-0.05, 0) is 98.5 Å². The maximum atomic E-state index is 5.53. The molecule has 2 bridgehead atoms. The number of fused-ring (bicyclic) bond motifs is 6. The minimum Gasteiger partial charge on any atom is -0.359 e. The van der Waals surface area contributed by atoms with Gasteiger partial charge < -0.3 is 9.88 Å². The number of H-pyrrole nitrogens is 1. The van der Waals surface area contributed by atoms with Gasteiger partial charge in [0.2, 0.25) is 0 Å². The predicted molar refractivity (Wildman–Crippen MR) is 259 cm³/mol. The van der Waals surface area contributed by atoms with Crippen LogP contribution in [0.4, 0.5) is 11.4 Å². The highest BCUT2D eigenvalue weighted by molar-refractivity contribution is 6.23. The third-order valence-electron chi connectivity index (χ3n) is 12.5. The fourth-order valence-electron chi connectivity index (χ4n) is 9.17. The molecule has 3 heteroatoms. The molecule has 11 rings (SSSR count). The van der Waals surface area contributed by atoms with E-state index in [-0.39, 0.29) is 5.41 Å². The zero-order valence-electron chi connectivity index (χ0n) is 34.0. The highest BCUT2D eigenvalue weighted by Gasteiger charge is 2.27. The monoisotopic (exact) mass is 781 g/mol. The van der Waals surface area contributed by atoms with Gasteiger partial charge in [0.15, 0.2) is 0 Å². The Morgan fingerprint density at radius 2 is 1.07 bits per heavy atom. The number of aromatic nitrogens is 2. The van der Waals surface area contributed by atoms with Crippen molar-refractivity contribution in [1.82, 2.24) is 9.97 Å². The Kier molecular flexibility index (Phi) is 9.01. The van der Waals surface area contributed by atoms with Gasteiger partial charge in [-0.1, -0.05) is 183 Å². The summed E-state index contributed by atoms with van der Waals surface area (Å²) >= 11 is 0. The van der Waals surface area contributed by atoms with E-state index in [4.69, 9.17) is 4.98 Å². The fraction of sp³-hybridized carbons (Fsp3) is 0.0517. The fourth-order valence-corrected chi connectivity index (χ4v) is 9.17. The molecule has 2 aliphatic carbocycles. The lowest BCUT2D eigenvalue weighted by Gasteiger charge is -2.33. The minimum absolute atomic E-state index is 0.0711. The van der Waals surface area contributed by atoms with Crippen molar-refractivity contribution in [3.8, 4) is 11.1 Å². The first-order valence-corrected chi connectivity index (χ1v) is 21.1. The second kappa shape index (κ2) is 15.1. The zero-order chi connectivity index (χ0) is 40.8. The van der Waals surface area contributed by atoms with E-state index < -0.39 is 0 Å². The Bertz CT molecular complexity index is 3310. The van der Waals surface area contributed by atoms with Crippen molar-refractivity contribution in [2.24, 2.45) is 0 Å². The molecule has 0 radical (unpaired) electrons. The van der Waals surface area contributed by atoms with Crippen molar-refractivity contribution in [3.05, 3.63) is 241 Å². The molecule has 9 aromatic rings. The summed E-state index contributed by atoms with van der Waals surface area (Å²) in [6.45, 7) is 2.33. The number of nitrogens with zero attached hydrogens (tertiary/aromatic N) is 2. The van der Waals surface area contributed by atoms with Crippen molar-refractivity contribution >= 4 is 72.5 Å². The van der Waals surface area contributed by atoms with Crippen LogP contribution in [0.1, 0.15) is 35.7 Å². The molecule has 0 saturated carbocycles. The van der Waals surface area contributed by atoms with Gasteiger partial charge in [0.05, 0.1) is 16.7 Å². The van der Waals surface area contributed by atoms with Crippen LogP contribution in [0.15, 0.2) is 218 Å². The number of hydrogen-bond donors (Lipinski definition) is 1. The largest absolute Gasteiger partial charge is 0.359 e. The van der Waals surface area contributed by atoms with E-state index in [0.717, 1.165) is 78.5 Å². The standard InChI is InChI=1S/C58H43N3/c1-58(45-16-6-3-7-17-45)36-34-48(35-37-58)61(46-29-24-41(25-30-46)40-14-4-2-5-15-40)47-31-26-42(27-32-47)43-28-33-55-52-21-11-8-18-49(52)44(38-43)39-59-56-53-22-12-9-19-50(53)51-20-10-13-23-54(51)57(56)60-55/h2-36,38-39,59H,37H2,1H3/b33-28-,43-38+,44-39?,60-55?. The van der Waals surface area contributed by atoms with Crippen LogP contribution in [-0.4, -0.2) is 9.97 Å². The quantitative estimate of drug-likeness (QED) is 0.170. The van der Waals surface area contributed by atoms with Gasteiger partial charge in [0, 0.05) is 44.8 Å². The molecule has 3 nitrogen and oxygen atoms in total. The van der Waals surface area contributed by atoms with Crippen LogP contribution in [0.25, 0.3) is 72.2 Å². The number of rotatable bonds is 6. The van der Waals surface area contributed by atoms with Gasteiger partial charge in [0.1, 0.15) is 0 Å². The lowest BCUT2D eigenvalue weighted by Crippen LogP contribution is -2.24. The van der Waals surface area contributed by atoms with Gasteiger partial charge in [-0.25, -0.2) is 4.98 Å². The summed E-state index contributed by atoms with van der Waals surface area (Å²) in [5.74, 6) is 0. The van der Waals surface area contributed by atoms with E-state index in [0.29, 0.717) is 0 Å². The van der Waals surface area contributed by atoms with Crippen molar-refractivity contribution in [2.75, 3.05) is 4.90 Å². The van der Waals surface area contributed by atoms with Crippen LogP contribution < -0.4 is 4.90 Å². The SMILES string of the molecule is CC1(c2ccccc2)C=CC(N(c2ccc(C3=C/c4c[nH]c5c6ccccc6c6ccccc6c5nc(c5ccccc45)/C=C\3)cc2)c2ccc(-c3ccccc3)cc2)=CC1. The summed E-state index contributed by atoms with van der Waals surface area (Å²) in [7, 11) is 0. The first-order chi connectivity index (χ1) is 30.1. The molecule has 1 heterocycles. The van der Waals surface area contributed by atoms with Crippen LogP contribution in [0.3, 0.4) is 0 Å². The van der Waals surface area contributed by atoms with Crippen molar-refractivity contribution in [1.29, 1.82) is 0 Å². The maximum absolute atomic E-state index is 5.53. The van der Waals surface area contributed by atoms with Gasteiger partial charge >= 0.3 is 0 Å². The second-order valence-corrected chi connectivity index (χ2v) is 16.3. The van der Waals surface area contributed by atoms with Crippen molar-refractivity contribution in [3.63, 3.8) is 0 Å². The zero-order valence-corrected chi connectivity index (χ0v) is 34.0. The van der Waals surface area contributed by atoms with E-state index in [9.17, 15) is 0 Å². The van der Waals surface area contributed by atoms with Crippen molar-refractivity contribution < 1.29 is 0 Å². The molecule has 1 unspecified atom stereocenters. The molecule has 0 saturated heterocycles. The number of allylic oxidation sites excluding steroid dienone is 5. The Hall–Kier alpha value is -7.75. The summed E-state index contributed by atoms with van der Waals surface area (Å²) in [5, 5.41) is 6.92. The third-order valence-corrected chi connectivity index (χ3v) is 12.5. The molecule has 1 atom stereocenters. The van der Waals surface area contributed by atoms with Gasteiger partial charge in [-0.3, -0.25) is 0 Å². The summed E-state index contributed by atoms with van der Waals surface area (Å²) in [6.07, 6.45) is 16.8. The van der Waals surface area contributed by atoms with Gasteiger partial charge in [-0.2, -0.15) is 0 Å². The first-order valence-electron chi connectivity index (χ1n) is 21.1. The molecular weight excluding hydrogens is 739 g/mol. The second-order valence-electron chi connectivity index (χ2n) is 16.3. The minimum atomic E-state index is -0.0711. The molecule has 1 aromatic heterocycles. The van der Waals surface area contributed by atoms with E-state index in [1.807, 2.05) is 0 Å². The van der Waals surface area contributed by atoms with E-state index >= 15 is 0 Å². The number of aromatic amines is 1. The Morgan fingerprint density at radius 1 is 0.508 bits per heavy atom. The van der Waals surface area contributed by atoms with E-state index in [1.165, 1.54) is 27.5 Å². The molecule has 0 spiro atoms. The topological polar surface area (TPSA) is 31.9 Å². The summed E-state index contributed by atoms with van der Waals surface area (Å²) in [6, 6.07) is 65.2. The number of anilines is 2. The smallest absolute Gasteiger partial charge is 0.0956 e. The number of hydrogen-bond acceptors (Lipinski definition) is 2. The predicted octanol–water partition coefficient (Wildman–Crippen LogP) is 15.3. The normalized spacial score (nSPS) is 17.1. The average molecular weight is 782 g/mol. The highest BCUT2D eigenvalue weighted by atomic mass is 15.1. The molecule has 1 N–H and O–H groups in total.